The Kier molecular flexibility index (Phi) is 4.38. The Hall–Kier alpha value is -1.18. The van der Waals surface area contributed by atoms with Gasteiger partial charge in [-0.3, -0.25) is 4.90 Å². The van der Waals surface area contributed by atoms with Gasteiger partial charge in [0.1, 0.15) is 6.07 Å². The Morgan fingerprint density at radius 2 is 1.89 bits per heavy atom. The zero-order chi connectivity index (χ0) is 14.0. The average Bonchev–Trinajstić information content (AvgIpc) is 2.43. The monoisotopic (exact) mass is 275 g/mol. The van der Waals surface area contributed by atoms with Crippen LogP contribution >= 0.6 is 11.8 Å². The smallest absolute Gasteiger partial charge is 0.103 e. The molecule has 0 saturated carbocycles. The summed E-state index contributed by atoms with van der Waals surface area (Å²) in [7, 11) is 2.18. The molecule has 1 heterocycles. The zero-order valence-electron chi connectivity index (χ0n) is 12.1. The number of thioether (sulfide) groups is 1. The van der Waals surface area contributed by atoms with Crippen LogP contribution in [0, 0.1) is 11.3 Å². The van der Waals surface area contributed by atoms with Gasteiger partial charge in [-0.25, -0.2) is 0 Å². The molecule has 0 amide bonds. The third-order valence-corrected chi connectivity index (χ3v) is 4.82. The van der Waals surface area contributed by atoms with Gasteiger partial charge in [-0.05, 0) is 39.3 Å². The number of nitrogens with zero attached hydrogens (tertiary/aromatic N) is 3. The van der Waals surface area contributed by atoms with Gasteiger partial charge in [-0.15, -0.1) is 11.8 Å². The van der Waals surface area contributed by atoms with Crippen LogP contribution in [0.1, 0.15) is 19.4 Å². The highest BCUT2D eigenvalue weighted by Gasteiger charge is 2.28. The second-order valence-corrected chi connectivity index (χ2v) is 6.08. The molecule has 0 N–H and O–H groups in total. The molecule has 0 aromatic heterocycles. The van der Waals surface area contributed by atoms with Crippen molar-refractivity contribution < 1.29 is 0 Å². The predicted octanol–water partition coefficient (Wildman–Crippen LogP) is 2.81. The summed E-state index contributed by atoms with van der Waals surface area (Å²) < 4.78 is 0. The number of likely N-dealkylation sites (N-methyl/N-ethyl adjacent to an activating group) is 1. The molecule has 1 fully saturated rings. The third kappa shape index (κ3) is 2.72. The molecule has 102 valence electrons. The zero-order valence-corrected chi connectivity index (χ0v) is 12.9. The molecule has 2 atom stereocenters. The van der Waals surface area contributed by atoms with Crippen molar-refractivity contribution in [2.75, 3.05) is 31.3 Å². The molecular weight excluding hydrogens is 254 g/mol. The summed E-state index contributed by atoms with van der Waals surface area (Å²) in [5, 5.41) is 9.44. The molecule has 2 unspecified atom stereocenters. The highest BCUT2D eigenvalue weighted by molar-refractivity contribution is 7.98. The van der Waals surface area contributed by atoms with Crippen molar-refractivity contribution in [3.63, 3.8) is 0 Å². The number of hydrogen-bond donors (Lipinski definition) is 0. The molecule has 3 nitrogen and oxygen atoms in total. The lowest BCUT2D eigenvalue weighted by molar-refractivity contribution is 0.170. The topological polar surface area (TPSA) is 30.3 Å². The maximum Gasteiger partial charge on any atom is 0.103 e. The van der Waals surface area contributed by atoms with E-state index in [1.165, 1.54) is 0 Å². The molecule has 19 heavy (non-hydrogen) atoms. The summed E-state index contributed by atoms with van der Waals surface area (Å²) in [5.74, 6) is 0. The Labute approximate surface area is 120 Å². The van der Waals surface area contributed by atoms with Crippen LogP contribution in [-0.4, -0.2) is 43.4 Å². The van der Waals surface area contributed by atoms with Crippen molar-refractivity contribution >= 4 is 17.4 Å². The molecule has 1 aromatic carbocycles. The highest BCUT2D eigenvalue weighted by Crippen LogP contribution is 2.31. The molecule has 0 aliphatic carbocycles. The normalized spacial score (nSPS) is 24.3. The summed E-state index contributed by atoms with van der Waals surface area (Å²) in [6, 6.07) is 9.54. The van der Waals surface area contributed by atoms with Crippen LogP contribution in [0.5, 0.6) is 0 Å². The van der Waals surface area contributed by atoms with Gasteiger partial charge in [-0.1, -0.05) is 6.07 Å². The van der Waals surface area contributed by atoms with Gasteiger partial charge in [0.2, 0.25) is 0 Å². The van der Waals surface area contributed by atoms with Crippen molar-refractivity contribution in [1.82, 2.24) is 4.90 Å². The molecule has 1 aliphatic rings. The molecule has 0 spiro atoms. The molecule has 1 aliphatic heterocycles. The first kappa shape index (κ1) is 14.2. The second kappa shape index (κ2) is 5.85. The second-order valence-electron chi connectivity index (χ2n) is 5.23. The van der Waals surface area contributed by atoms with Crippen molar-refractivity contribution in [3.8, 4) is 6.07 Å². The van der Waals surface area contributed by atoms with Gasteiger partial charge in [0.05, 0.1) is 11.3 Å². The Balaban J connectivity index is 2.35. The lowest BCUT2D eigenvalue weighted by Gasteiger charge is -2.43. The lowest BCUT2D eigenvalue weighted by Crippen LogP contribution is -2.55. The van der Waals surface area contributed by atoms with Gasteiger partial charge in [0.25, 0.3) is 0 Å². The highest BCUT2D eigenvalue weighted by atomic mass is 32.2. The van der Waals surface area contributed by atoms with E-state index in [0.717, 1.165) is 29.2 Å². The first-order valence-electron chi connectivity index (χ1n) is 6.62. The fourth-order valence-electron chi connectivity index (χ4n) is 2.67. The van der Waals surface area contributed by atoms with Crippen molar-refractivity contribution in [2.24, 2.45) is 0 Å². The number of rotatable bonds is 2. The first-order chi connectivity index (χ1) is 9.08. The quantitative estimate of drug-likeness (QED) is 0.777. The Morgan fingerprint density at radius 3 is 2.42 bits per heavy atom. The van der Waals surface area contributed by atoms with E-state index in [1.807, 2.05) is 12.3 Å². The van der Waals surface area contributed by atoms with E-state index in [9.17, 15) is 5.26 Å². The van der Waals surface area contributed by atoms with E-state index in [-0.39, 0.29) is 0 Å². The molecule has 1 aromatic rings. The van der Waals surface area contributed by atoms with Gasteiger partial charge < -0.3 is 4.90 Å². The van der Waals surface area contributed by atoms with Crippen LogP contribution in [0.15, 0.2) is 23.1 Å². The van der Waals surface area contributed by atoms with Crippen LogP contribution in [0.2, 0.25) is 0 Å². The van der Waals surface area contributed by atoms with Crippen LogP contribution in [0.25, 0.3) is 0 Å². The minimum Gasteiger partial charge on any atom is -0.367 e. The van der Waals surface area contributed by atoms with Crippen LogP contribution in [0.3, 0.4) is 0 Å². The molecule has 2 rings (SSSR count). The average molecular weight is 275 g/mol. The van der Waals surface area contributed by atoms with Crippen LogP contribution < -0.4 is 4.90 Å². The summed E-state index contributed by atoms with van der Waals surface area (Å²) in [4.78, 5) is 5.83. The van der Waals surface area contributed by atoms with E-state index in [4.69, 9.17) is 0 Å². The van der Waals surface area contributed by atoms with Gasteiger partial charge in [-0.2, -0.15) is 5.26 Å². The number of piperazine rings is 1. The summed E-state index contributed by atoms with van der Waals surface area (Å²) in [6.45, 7) is 6.45. The number of anilines is 1. The fourth-order valence-corrected chi connectivity index (χ4v) is 3.24. The fraction of sp³-hybridized carbons (Fsp3) is 0.533. The van der Waals surface area contributed by atoms with E-state index in [1.54, 1.807) is 11.8 Å². The number of benzene rings is 1. The van der Waals surface area contributed by atoms with E-state index in [0.29, 0.717) is 12.1 Å². The maximum atomic E-state index is 9.44. The first-order valence-corrected chi connectivity index (χ1v) is 7.85. The summed E-state index contributed by atoms with van der Waals surface area (Å²) >= 11 is 1.64. The Morgan fingerprint density at radius 1 is 1.26 bits per heavy atom. The largest absolute Gasteiger partial charge is 0.367 e. The van der Waals surface area contributed by atoms with Crippen molar-refractivity contribution in [1.29, 1.82) is 5.26 Å². The molecule has 1 saturated heterocycles. The van der Waals surface area contributed by atoms with Crippen LogP contribution in [0.4, 0.5) is 5.69 Å². The van der Waals surface area contributed by atoms with Crippen molar-refractivity contribution in [3.05, 3.63) is 23.8 Å². The predicted molar refractivity (Wildman–Crippen MR) is 81.8 cm³/mol. The van der Waals surface area contributed by atoms with Gasteiger partial charge in [0.15, 0.2) is 0 Å². The van der Waals surface area contributed by atoms with Crippen molar-refractivity contribution in [2.45, 2.75) is 30.8 Å². The number of nitriles is 1. The molecular formula is C15H21N3S. The summed E-state index contributed by atoms with van der Waals surface area (Å²) in [5.41, 5.74) is 1.90. The van der Waals surface area contributed by atoms with E-state index < -0.39 is 0 Å². The van der Waals surface area contributed by atoms with E-state index >= 15 is 0 Å². The Bertz CT molecular complexity index is 483. The van der Waals surface area contributed by atoms with Crippen LogP contribution in [-0.2, 0) is 0 Å². The standard InChI is InChI=1S/C15H21N3S/c1-11-9-18(10-12(2)17(11)3)14-6-5-7-15(19-4)13(14)8-16/h5-7,11-12H,9-10H2,1-4H3. The minimum atomic E-state index is 0.508. The molecule has 0 radical (unpaired) electrons. The lowest BCUT2D eigenvalue weighted by atomic mass is 10.1. The van der Waals surface area contributed by atoms with E-state index in [2.05, 4.69) is 48.9 Å². The van der Waals surface area contributed by atoms with Gasteiger partial charge in [0, 0.05) is 30.1 Å². The minimum absolute atomic E-state index is 0.508. The molecule has 0 bridgehead atoms. The van der Waals surface area contributed by atoms with Gasteiger partial charge >= 0.3 is 0 Å². The SMILES string of the molecule is CSc1cccc(N2CC(C)N(C)C(C)C2)c1C#N. The third-order valence-electron chi connectivity index (χ3n) is 4.04. The number of hydrogen-bond acceptors (Lipinski definition) is 4. The molecule has 4 heteroatoms. The summed E-state index contributed by atoms with van der Waals surface area (Å²) in [6.07, 6.45) is 2.02. The maximum absolute atomic E-state index is 9.44.